The molecule has 1 aromatic carbocycles. The number of hydrogen-bond acceptors (Lipinski definition) is 7. The van der Waals surface area contributed by atoms with Gasteiger partial charge in [-0.1, -0.05) is 32.0 Å². The van der Waals surface area contributed by atoms with Crippen molar-refractivity contribution in [2.24, 2.45) is 5.92 Å². The Morgan fingerprint density at radius 3 is 2.45 bits per heavy atom. The average molecular weight is 523 g/mol. The first-order chi connectivity index (χ1) is 18.3. The smallest absolute Gasteiger partial charge is 0.413 e. The SMILES string of the molecule is CN[C@@H](C)C(=O)N[C@H](C(=O)N1c2ncccc2C[C@@H]1OC(=O)Nc1ccc(C2CCNCC2)cc1)C(C)C. The van der Waals surface area contributed by atoms with Crippen molar-refractivity contribution in [3.05, 3.63) is 53.7 Å². The van der Waals surface area contributed by atoms with Crippen LogP contribution in [0.2, 0.25) is 0 Å². The van der Waals surface area contributed by atoms with E-state index in [1.165, 1.54) is 10.5 Å². The molecule has 2 aromatic rings. The molecular weight excluding hydrogens is 484 g/mol. The summed E-state index contributed by atoms with van der Waals surface area (Å²) < 4.78 is 5.76. The van der Waals surface area contributed by atoms with E-state index in [1.54, 1.807) is 26.2 Å². The largest absolute Gasteiger partial charge is 0.424 e. The Kier molecular flexibility index (Phi) is 8.96. The summed E-state index contributed by atoms with van der Waals surface area (Å²) >= 11 is 0. The van der Waals surface area contributed by atoms with Crippen molar-refractivity contribution in [1.82, 2.24) is 20.9 Å². The van der Waals surface area contributed by atoms with Gasteiger partial charge in [0.25, 0.3) is 5.91 Å². The van der Waals surface area contributed by atoms with Crippen LogP contribution in [0.1, 0.15) is 50.7 Å². The van der Waals surface area contributed by atoms with E-state index in [9.17, 15) is 14.4 Å². The van der Waals surface area contributed by atoms with E-state index in [2.05, 4.69) is 26.3 Å². The van der Waals surface area contributed by atoms with Crippen LogP contribution in [0.5, 0.6) is 0 Å². The summed E-state index contributed by atoms with van der Waals surface area (Å²) in [4.78, 5) is 45.0. The molecule has 0 spiro atoms. The maximum atomic E-state index is 13.8. The zero-order valence-electron chi connectivity index (χ0n) is 22.5. The van der Waals surface area contributed by atoms with E-state index in [4.69, 9.17) is 4.74 Å². The minimum Gasteiger partial charge on any atom is -0.424 e. The first-order valence-corrected chi connectivity index (χ1v) is 13.3. The standard InChI is InChI=1S/C28H38N6O4/c1-17(2)24(33-26(35)18(3)29-4)27(36)34-23(16-21-6-5-13-31-25(21)34)38-28(37)32-22-9-7-19(8-10-22)20-11-14-30-15-12-20/h5-10,13,17-18,20,23-24,29-30H,11-12,14-16H2,1-4H3,(H,32,37)(H,33,35)/t18-,23-,24-/m0/s1. The molecule has 0 aliphatic carbocycles. The number of nitrogens with zero attached hydrogens (tertiary/aromatic N) is 2. The normalized spacial score (nSPS) is 19.0. The second-order valence-electron chi connectivity index (χ2n) is 10.3. The van der Waals surface area contributed by atoms with Gasteiger partial charge >= 0.3 is 6.09 Å². The average Bonchev–Trinajstić information content (AvgIpc) is 3.29. The number of carbonyl (C=O) groups excluding carboxylic acids is 3. The van der Waals surface area contributed by atoms with Gasteiger partial charge in [-0.2, -0.15) is 0 Å². The molecule has 4 rings (SSSR count). The van der Waals surface area contributed by atoms with Crippen molar-refractivity contribution in [1.29, 1.82) is 0 Å². The van der Waals surface area contributed by atoms with Crippen LogP contribution in [-0.2, 0) is 20.7 Å². The fourth-order valence-corrected chi connectivity index (χ4v) is 4.90. The van der Waals surface area contributed by atoms with Crippen LogP contribution in [0.3, 0.4) is 0 Å². The number of benzene rings is 1. The molecule has 1 fully saturated rings. The monoisotopic (exact) mass is 522 g/mol. The van der Waals surface area contributed by atoms with E-state index in [1.807, 2.05) is 44.2 Å². The van der Waals surface area contributed by atoms with Gasteiger partial charge in [0.1, 0.15) is 11.9 Å². The maximum Gasteiger partial charge on any atom is 0.413 e. The van der Waals surface area contributed by atoms with Crippen LogP contribution < -0.4 is 26.2 Å². The number of amides is 3. The summed E-state index contributed by atoms with van der Waals surface area (Å²) in [5.74, 6) is 0.0903. The number of carbonyl (C=O) groups is 3. The number of ether oxygens (including phenoxy) is 1. The number of likely N-dealkylation sites (N-methyl/N-ethyl adjacent to an activating group) is 1. The molecule has 0 radical (unpaired) electrons. The molecule has 2 aliphatic heterocycles. The highest BCUT2D eigenvalue weighted by atomic mass is 16.6. The molecule has 0 saturated carbocycles. The van der Waals surface area contributed by atoms with E-state index < -0.39 is 24.4 Å². The predicted octanol–water partition coefficient (Wildman–Crippen LogP) is 2.76. The first-order valence-electron chi connectivity index (χ1n) is 13.3. The van der Waals surface area contributed by atoms with Crippen molar-refractivity contribution in [2.45, 2.75) is 64.3 Å². The number of nitrogens with one attached hydrogen (secondary N) is 4. The van der Waals surface area contributed by atoms with E-state index in [0.717, 1.165) is 31.5 Å². The summed E-state index contributed by atoms with van der Waals surface area (Å²) in [5, 5.41) is 11.9. The van der Waals surface area contributed by atoms with Gasteiger partial charge in [-0.15, -0.1) is 0 Å². The van der Waals surface area contributed by atoms with Gasteiger partial charge in [-0.3, -0.25) is 19.8 Å². The van der Waals surface area contributed by atoms with Gasteiger partial charge in [0.2, 0.25) is 5.91 Å². The number of piperidine rings is 1. The third-order valence-electron chi connectivity index (χ3n) is 7.28. The molecule has 204 valence electrons. The first kappa shape index (κ1) is 27.5. The molecule has 2 aliphatic rings. The Morgan fingerprint density at radius 1 is 1.08 bits per heavy atom. The highest BCUT2D eigenvalue weighted by Crippen LogP contribution is 2.32. The lowest BCUT2D eigenvalue weighted by atomic mass is 9.90. The molecule has 4 N–H and O–H groups in total. The van der Waals surface area contributed by atoms with Crippen LogP contribution in [0, 0.1) is 5.92 Å². The minimum absolute atomic E-state index is 0.198. The molecule has 10 heteroatoms. The summed E-state index contributed by atoms with van der Waals surface area (Å²) in [6.45, 7) is 7.47. The Balaban J connectivity index is 1.47. The van der Waals surface area contributed by atoms with Crippen LogP contribution in [0.4, 0.5) is 16.3 Å². The third-order valence-corrected chi connectivity index (χ3v) is 7.28. The molecule has 38 heavy (non-hydrogen) atoms. The number of anilines is 2. The Labute approximate surface area is 223 Å². The van der Waals surface area contributed by atoms with Crippen molar-refractivity contribution in [3.63, 3.8) is 0 Å². The lowest BCUT2D eigenvalue weighted by Crippen LogP contribution is -2.56. The number of aromatic nitrogens is 1. The predicted molar refractivity (Wildman–Crippen MR) is 146 cm³/mol. The molecule has 3 atom stereocenters. The highest BCUT2D eigenvalue weighted by molar-refractivity contribution is 6.01. The molecule has 1 saturated heterocycles. The fraction of sp³-hybridized carbons (Fsp3) is 0.500. The minimum atomic E-state index is -0.888. The van der Waals surface area contributed by atoms with Crippen molar-refractivity contribution >= 4 is 29.4 Å². The fourth-order valence-electron chi connectivity index (χ4n) is 4.90. The van der Waals surface area contributed by atoms with E-state index >= 15 is 0 Å². The number of pyridine rings is 1. The molecule has 10 nitrogen and oxygen atoms in total. The van der Waals surface area contributed by atoms with Gasteiger partial charge in [-0.25, -0.2) is 9.78 Å². The van der Waals surface area contributed by atoms with Gasteiger partial charge in [0.05, 0.1) is 6.04 Å². The van der Waals surface area contributed by atoms with Crippen molar-refractivity contribution in [2.75, 3.05) is 30.4 Å². The van der Waals surface area contributed by atoms with Crippen molar-refractivity contribution in [3.8, 4) is 0 Å². The summed E-state index contributed by atoms with van der Waals surface area (Å²) in [6.07, 6.45) is 2.55. The van der Waals surface area contributed by atoms with E-state index in [0.29, 0.717) is 23.8 Å². The number of rotatable bonds is 8. The molecule has 3 amide bonds. The van der Waals surface area contributed by atoms with Gasteiger partial charge in [0.15, 0.2) is 6.23 Å². The molecule has 0 unspecified atom stereocenters. The zero-order valence-corrected chi connectivity index (χ0v) is 22.5. The zero-order chi connectivity index (χ0) is 27.2. The Morgan fingerprint density at radius 2 is 1.79 bits per heavy atom. The maximum absolute atomic E-state index is 13.8. The topological polar surface area (TPSA) is 125 Å². The van der Waals surface area contributed by atoms with Gasteiger partial charge in [0, 0.05) is 23.9 Å². The van der Waals surface area contributed by atoms with E-state index in [-0.39, 0.29) is 17.7 Å². The van der Waals surface area contributed by atoms with Gasteiger partial charge < -0.3 is 20.7 Å². The Bertz CT molecular complexity index is 1130. The molecular formula is C28H38N6O4. The lowest BCUT2D eigenvalue weighted by Gasteiger charge is -2.31. The Hall–Kier alpha value is -3.50. The summed E-state index contributed by atoms with van der Waals surface area (Å²) in [7, 11) is 1.68. The van der Waals surface area contributed by atoms with Crippen LogP contribution in [0.25, 0.3) is 0 Å². The third kappa shape index (κ3) is 6.31. The second-order valence-corrected chi connectivity index (χ2v) is 10.3. The van der Waals surface area contributed by atoms with Gasteiger partial charge in [-0.05, 0) is 75.5 Å². The summed E-state index contributed by atoms with van der Waals surface area (Å²) in [6, 6.07) is 10.2. The van der Waals surface area contributed by atoms with Crippen LogP contribution in [-0.4, -0.2) is 61.3 Å². The molecule has 1 aromatic heterocycles. The van der Waals surface area contributed by atoms with Crippen molar-refractivity contribution < 1.29 is 19.1 Å². The van der Waals surface area contributed by atoms with Crippen LogP contribution >= 0.6 is 0 Å². The molecule has 0 bridgehead atoms. The lowest BCUT2D eigenvalue weighted by molar-refractivity contribution is -0.130. The quantitative estimate of drug-likeness (QED) is 0.420. The molecule has 3 heterocycles. The van der Waals surface area contributed by atoms with Crippen LogP contribution in [0.15, 0.2) is 42.6 Å². The second kappa shape index (κ2) is 12.4. The highest BCUT2D eigenvalue weighted by Gasteiger charge is 2.41. The number of hydrogen-bond donors (Lipinski definition) is 4. The number of fused-ring (bicyclic) bond motifs is 1. The summed E-state index contributed by atoms with van der Waals surface area (Å²) in [5.41, 5.74) is 2.67.